The number of hydrogen-bond acceptors (Lipinski definition) is 5. The first kappa shape index (κ1) is 18.9. The quantitative estimate of drug-likeness (QED) is 0.668. The maximum Gasteiger partial charge on any atom is 0.416 e. The van der Waals surface area contributed by atoms with E-state index in [0.717, 1.165) is 29.6 Å². The van der Waals surface area contributed by atoms with Crippen LogP contribution in [0.2, 0.25) is 0 Å². The number of carbonyl (C=O) groups is 1. The number of anilines is 1. The minimum absolute atomic E-state index is 0.281. The number of halogens is 3. The molecule has 0 saturated carbocycles. The van der Waals surface area contributed by atoms with E-state index in [-0.39, 0.29) is 11.6 Å². The molecule has 0 aliphatic carbocycles. The Morgan fingerprint density at radius 2 is 1.78 bits per heavy atom. The van der Waals surface area contributed by atoms with E-state index in [1.165, 1.54) is 16.8 Å². The summed E-state index contributed by atoms with van der Waals surface area (Å²) in [7, 11) is 0. The molecule has 0 spiro atoms. The Labute approximate surface area is 156 Å². The van der Waals surface area contributed by atoms with Gasteiger partial charge >= 0.3 is 6.18 Å². The highest BCUT2D eigenvalue weighted by atomic mass is 32.2. The molecule has 0 aliphatic rings. The molecular formula is C17H14F3N5OS. The van der Waals surface area contributed by atoms with Crippen molar-refractivity contribution in [2.24, 2.45) is 0 Å². The fraction of sp³-hybridized carbons (Fsp3) is 0.176. The largest absolute Gasteiger partial charge is 0.416 e. The second kappa shape index (κ2) is 7.78. The Morgan fingerprint density at radius 1 is 1.11 bits per heavy atom. The number of carbonyl (C=O) groups excluding carboxylic acids is 1. The van der Waals surface area contributed by atoms with Gasteiger partial charge in [-0.25, -0.2) is 0 Å². The molecule has 1 N–H and O–H groups in total. The molecule has 0 saturated heterocycles. The first-order valence-electron chi connectivity index (χ1n) is 7.83. The van der Waals surface area contributed by atoms with Crippen LogP contribution in [0.15, 0.2) is 59.8 Å². The first-order chi connectivity index (χ1) is 12.8. The molecule has 0 bridgehead atoms. The third-order valence-electron chi connectivity index (χ3n) is 3.57. The number of alkyl halides is 3. The summed E-state index contributed by atoms with van der Waals surface area (Å²) in [4.78, 5) is 12.3. The second-order valence-electron chi connectivity index (χ2n) is 5.53. The van der Waals surface area contributed by atoms with Crippen LogP contribution in [-0.2, 0) is 11.0 Å². The van der Waals surface area contributed by atoms with Gasteiger partial charge in [-0.1, -0.05) is 30.0 Å². The number of amides is 1. The number of thioether (sulfide) groups is 1. The molecule has 2 aromatic carbocycles. The van der Waals surface area contributed by atoms with Crippen LogP contribution in [-0.4, -0.2) is 31.4 Å². The van der Waals surface area contributed by atoms with Crippen molar-refractivity contribution in [3.63, 3.8) is 0 Å². The van der Waals surface area contributed by atoms with Gasteiger partial charge in [0.05, 0.1) is 16.5 Å². The first-order valence-corrected chi connectivity index (χ1v) is 8.71. The monoisotopic (exact) mass is 393 g/mol. The number of benzene rings is 2. The zero-order chi connectivity index (χ0) is 19.4. The topological polar surface area (TPSA) is 72.7 Å². The van der Waals surface area contributed by atoms with Gasteiger partial charge in [-0.05, 0) is 53.7 Å². The molecule has 1 atom stereocenters. The average molecular weight is 393 g/mol. The minimum atomic E-state index is -4.42. The van der Waals surface area contributed by atoms with E-state index in [1.54, 1.807) is 6.92 Å². The molecule has 0 aliphatic heterocycles. The van der Waals surface area contributed by atoms with E-state index in [4.69, 9.17) is 0 Å². The average Bonchev–Trinajstić information content (AvgIpc) is 3.10. The van der Waals surface area contributed by atoms with Crippen LogP contribution in [0.1, 0.15) is 12.5 Å². The molecule has 3 rings (SSSR count). The third-order valence-corrected chi connectivity index (χ3v) is 4.61. The number of rotatable bonds is 5. The molecule has 6 nitrogen and oxygen atoms in total. The third kappa shape index (κ3) is 4.64. The summed E-state index contributed by atoms with van der Waals surface area (Å²) in [5.41, 5.74) is 0.258. The zero-order valence-electron chi connectivity index (χ0n) is 14.0. The van der Waals surface area contributed by atoms with E-state index >= 15 is 0 Å². The lowest BCUT2D eigenvalue weighted by atomic mass is 10.2. The highest BCUT2D eigenvalue weighted by molar-refractivity contribution is 8.00. The Kier molecular flexibility index (Phi) is 5.45. The number of hydrogen-bond donors (Lipinski definition) is 1. The van der Waals surface area contributed by atoms with Crippen LogP contribution in [0.5, 0.6) is 0 Å². The van der Waals surface area contributed by atoms with Gasteiger partial charge in [0.15, 0.2) is 0 Å². The molecule has 10 heteroatoms. The number of para-hydroxylation sites is 1. The molecule has 0 radical (unpaired) electrons. The number of aromatic nitrogens is 4. The fourth-order valence-corrected chi connectivity index (χ4v) is 2.99. The van der Waals surface area contributed by atoms with Crippen LogP contribution in [0.4, 0.5) is 18.9 Å². The molecule has 1 aromatic heterocycles. The summed E-state index contributed by atoms with van der Waals surface area (Å²) < 4.78 is 39.3. The van der Waals surface area contributed by atoms with Gasteiger partial charge in [0.1, 0.15) is 0 Å². The molecule has 1 heterocycles. The SMILES string of the molecule is CC(Sc1nnnn1-c1ccccc1)C(=O)Nc1ccc(C(F)(F)F)cc1. The summed E-state index contributed by atoms with van der Waals surface area (Å²) >= 11 is 1.14. The van der Waals surface area contributed by atoms with Crippen LogP contribution in [0.3, 0.4) is 0 Å². The summed E-state index contributed by atoms with van der Waals surface area (Å²) in [5, 5.41) is 13.9. The molecule has 1 unspecified atom stereocenters. The van der Waals surface area contributed by atoms with Gasteiger partial charge in [0.2, 0.25) is 11.1 Å². The van der Waals surface area contributed by atoms with Crippen LogP contribution in [0.25, 0.3) is 5.69 Å². The summed E-state index contributed by atoms with van der Waals surface area (Å²) in [6, 6.07) is 13.5. The molecule has 0 fully saturated rings. The van der Waals surface area contributed by atoms with Gasteiger partial charge in [0, 0.05) is 5.69 Å². The number of nitrogens with one attached hydrogen (secondary N) is 1. The van der Waals surface area contributed by atoms with Gasteiger partial charge in [-0.2, -0.15) is 17.9 Å². The van der Waals surface area contributed by atoms with E-state index in [9.17, 15) is 18.0 Å². The van der Waals surface area contributed by atoms with Crippen molar-refractivity contribution in [3.05, 3.63) is 60.2 Å². The number of tetrazole rings is 1. The van der Waals surface area contributed by atoms with Crippen LogP contribution < -0.4 is 5.32 Å². The molecule has 3 aromatic rings. The van der Waals surface area contributed by atoms with Gasteiger partial charge in [-0.15, -0.1) is 5.10 Å². The Balaban J connectivity index is 1.66. The van der Waals surface area contributed by atoms with Crippen molar-refractivity contribution < 1.29 is 18.0 Å². The zero-order valence-corrected chi connectivity index (χ0v) is 14.8. The van der Waals surface area contributed by atoms with Crippen LogP contribution >= 0.6 is 11.8 Å². The normalized spacial score (nSPS) is 12.6. The van der Waals surface area contributed by atoms with Crippen molar-refractivity contribution in [3.8, 4) is 5.69 Å². The van der Waals surface area contributed by atoms with E-state index < -0.39 is 17.0 Å². The summed E-state index contributed by atoms with van der Waals surface area (Å²) in [6.07, 6.45) is -4.42. The van der Waals surface area contributed by atoms with Crippen molar-refractivity contribution >= 4 is 23.4 Å². The predicted octanol–water partition coefficient (Wildman–Crippen LogP) is 3.80. The molecule has 140 valence electrons. The predicted molar refractivity (Wildman–Crippen MR) is 94.5 cm³/mol. The molecule has 1 amide bonds. The maximum atomic E-state index is 12.6. The minimum Gasteiger partial charge on any atom is -0.325 e. The van der Waals surface area contributed by atoms with E-state index in [2.05, 4.69) is 20.8 Å². The standard InChI is InChI=1S/C17H14F3N5OS/c1-11(15(26)21-13-9-7-12(8-10-13)17(18,19)20)27-16-22-23-24-25(16)14-5-3-2-4-6-14/h2-11H,1H3,(H,21,26). The summed E-state index contributed by atoms with van der Waals surface area (Å²) in [6.45, 7) is 1.66. The lowest BCUT2D eigenvalue weighted by molar-refractivity contribution is -0.137. The van der Waals surface area contributed by atoms with E-state index in [1.807, 2.05) is 30.3 Å². The van der Waals surface area contributed by atoms with Gasteiger partial charge < -0.3 is 5.32 Å². The Bertz CT molecular complexity index is 912. The van der Waals surface area contributed by atoms with E-state index in [0.29, 0.717) is 5.16 Å². The van der Waals surface area contributed by atoms with Gasteiger partial charge in [-0.3, -0.25) is 4.79 Å². The lowest BCUT2D eigenvalue weighted by Gasteiger charge is -2.12. The van der Waals surface area contributed by atoms with Crippen molar-refractivity contribution in [1.82, 2.24) is 20.2 Å². The molecule has 27 heavy (non-hydrogen) atoms. The highest BCUT2D eigenvalue weighted by Crippen LogP contribution is 2.30. The van der Waals surface area contributed by atoms with Crippen molar-refractivity contribution in [2.75, 3.05) is 5.32 Å². The fourth-order valence-electron chi connectivity index (χ4n) is 2.18. The van der Waals surface area contributed by atoms with Gasteiger partial charge in [0.25, 0.3) is 0 Å². The molecular weight excluding hydrogens is 379 g/mol. The Hall–Kier alpha value is -2.88. The smallest absolute Gasteiger partial charge is 0.325 e. The second-order valence-corrected chi connectivity index (χ2v) is 6.84. The van der Waals surface area contributed by atoms with Crippen molar-refractivity contribution in [1.29, 1.82) is 0 Å². The van der Waals surface area contributed by atoms with Crippen molar-refractivity contribution in [2.45, 2.75) is 23.5 Å². The lowest BCUT2D eigenvalue weighted by Crippen LogP contribution is -2.23. The maximum absolute atomic E-state index is 12.6. The summed E-state index contributed by atoms with van der Waals surface area (Å²) in [5.74, 6) is -0.373. The Morgan fingerprint density at radius 3 is 2.41 bits per heavy atom. The van der Waals surface area contributed by atoms with Crippen LogP contribution in [0, 0.1) is 0 Å². The highest BCUT2D eigenvalue weighted by Gasteiger charge is 2.30. The number of nitrogens with zero attached hydrogens (tertiary/aromatic N) is 4.